The van der Waals surface area contributed by atoms with Crippen molar-refractivity contribution in [1.29, 1.82) is 0 Å². The van der Waals surface area contributed by atoms with Crippen molar-refractivity contribution in [2.24, 2.45) is 0 Å². The standard InChI is InChI=1S/C18H20N4O/c1-23-15-11-22(12-15)18-19-9-8-14(21-18)7-6-13-10-20-17-5-3-2-4-16(13)17/h2-5,8-10,15,20H,6-7,11-12H2,1H3. The molecule has 0 amide bonds. The van der Waals surface area contributed by atoms with Gasteiger partial charge in [-0.1, -0.05) is 18.2 Å². The second kappa shape index (κ2) is 6.01. The van der Waals surface area contributed by atoms with Crippen LogP contribution >= 0.6 is 0 Å². The Hall–Kier alpha value is -2.40. The predicted molar refractivity (Wildman–Crippen MR) is 90.7 cm³/mol. The molecule has 0 saturated carbocycles. The van der Waals surface area contributed by atoms with Gasteiger partial charge in [0.2, 0.25) is 5.95 Å². The number of anilines is 1. The highest BCUT2D eigenvalue weighted by atomic mass is 16.5. The molecule has 1 fully saturated rings. The van der Waals surface area contributed by atoms with E-state index in [1.54, 1.807) is 7.11 Å². The Morgan fingerprint density at radius 3 is 2.96 bits per heavy atom. The third kappa shape index (κ3) is 2.80. The van der Waals surface area contributed by atoms with Crippen LogP contribution in [0.4, 0.5) is 5.95 Å². The van der Waals surface area contributed by atoms with Crippen LogP contribution in [0.5, 0.6) is 0 Å². The van der Waals surface area contributed by atoms with Crippen LogP contribution in [0.25, 0.3) is 10.9 Å². The fourth-order valence-corrected chi connectivity index (χ4v) is 3.03. The SMILES string of the molecule is COC1CN(c2nccc(CCc3c[nH]c4ccccc34)n2)C1. The van der Waals surface area contributed by atoms with Crippen molar-refractivity contribution in [2.45, 2.75) is 18.9 Å². The molecule has 0 bridgehead atoms. The molecule has 1 N–H and O–H groups in total. The number of aromatic nitrogens is 3. The zero-order chi connectivity index (χ0) is 15.6. The Bertz CT molecular complexity index is 807. The third-order valence-electron chi connectivity index (χ3n) is 4.49. The molecule has 2 aromatic heterocycles. The van der Waals surface area contributed by atoms with Gasteiger partial charge in [-0.25, -0.2) is 9.97 Å². The highest BCUT2D eigenvalue weighted by Gasteiger charge is 2.28. The number of benzene rings is 1. The summed E-state index contributed by atoms with van der Waals surface area (Å²) in [5, 5.41) is 1.30. The maximum Gasteiger partial charge on any atom is 0.225 e. The van der Waals surface area contributed by atoms with Gasteiger partial charge in [0, 0.05) is 49.2 Å². The van der Waals surface area contributed by atoms with Gasteiger partial charge >= 0.3 is 0 Å². The summed E-state index contributed by atoms with van der Waals surface area (Å²) in [6.07, 6.45) is 6.16. The lowest BCUT2D eigenvalue weighted by Gasteiger charge is -2.38. The van der Waals surface area contributed by atoms with Gasteiger partial charge in [-0.15, -0.1) is 0 Å². The predicted octanol–water partition coefficient (Wildman–Crippen LogP) is 2.58. The molecule has 1 aromatic carbocycles. The minimum Gasteiger partial charge on any atom is -0.378 e. The van der Waals surface area contributed by atoms with Gasteiger partial charge in [-0.05, 0) is 30.5 Å². The molecule has 3 aromatic rings. The lowest BCUT2D eigenvalue weighted by atomic mass is 10.1. The van der Waals surface area contributed by atoms with Gasteiger partial charge in [0.1, 0.15) is 0 Å². The average Bonchev–Trinajstić information content (AvgIpc) is 2.96. The van der Waals surface area contributed by atoms with E-state index in [0.29, 0.717) is 6.10 Å². The number of aromatic amines is 1. The zero-order valence-corrected chi connectivity index (χ0v) is 13.2. The number of rotatable bonds is 5. The Balaban J connectivity index is 1.45. The van der Waals surface area contributed by atoms with Crippen LogP contribution < -0.4 is 4.90 Å². The number of aryl methyl sites for hydroxylation is 2. The van der Waals surface area contributed by atoms with Crippen molar-refractivity contribution in [2.75, 3.05) is 25.1 Å². The highest BCUT2D eigenvalue weighted by Crippen LogP contribution is 2.21. The maximum atomic E-state index is 5.30. The summed E-state index contributed by atoms with van der Waals surface area (Å²) < 4.78 is 5.30. The lowest BCUT2D eigenvalue weighted by molar-refractivity contribution is 0.0778. The lowest BCUT2D eigenvalue weighted by Crippen LogP contribution is -2.52. The van der Waals surface area contributed by atoms with E-state index < -0.39 is 0 Å². The van der Waals surface area contributed by atoms with Crippen LogP contribution in [0.1, 0.15) is 11.3 Å². The molecule has 1 aliphatic heterocycles. The number of para-hydroxylation sites is 1. The van der Waals surface area contributed by atoms with Crippen LogP contribution in [0.2, 0.25) is 0 Å². The molecule has 0 radical (unpaired) electrons. The van der Waals surface area contributed by atoms with E-state index in [4.69, 9.17) is 9.72 Å². The minimum atomic E-state index is 0.313. The first-order chi connectivity index (χ1) is 11.3. The molecule has 5 heteroatoms. The first-order valence-electron chi connectivity index (χ1n) is 7.98. The van der Waals surface area contributed by atoms with Crippen LogP contribution in [-0.4, -0.2) is 41.3 Å². The monoisotopic (exact) mass is 308 g/mol. The second-order valence-corrected chi connectivity index (χ2v) is 5.97. The minimum absolute atomic E-state index is 0.313. The van der Waals surface area contributed by atoms with Gasteiger partial charge in [-0.3, -0.25) is 0 Å². The molecular formula is C18H20N4O. The number of fused-ring (bicyclic) bond motifs is 1. The molecule has 118 valence electrons. The zero-order valence-electron chi connectivity index (χ0n) is 13.2. The summed E-state index contributed by atoms with van der Waals surface area (Å²) in [6, 6.07) is 10.4. The number of nitrogens with one attached hydrogen (secondary N) is 1. The van der Waals surface area contributed by atoms with Crippen molar-refractivity contribution in [3.8, 4) is 0 Å². The molecule has 5 nitrogen and oxygen atoms in total. The summed E-state index contributed by atoms with van der Waals surface area (Å²) in [4.78, 5) is 14.6. The first-order valence-corrected chi connectivity index (χ1v) is 7.98. The van der Waals surface area contributed by atoms with Crippen molar-refractivity contribution < 1.29 is 4.74 Å². The molecule has 1 aliphatic rings. The van der Waals surface area contributed by atoms with E-state index >= 15 is 0 Å². The van der Waals surface area contributed by atoms with E-state index in [0.717, 1.165) is 37.6 Å². The average molecular weight is 308 g/mol. The smallest absolute Gasteiger partial charge is 0.225 e. The molecule has 23 heavy (non-hydrogen) atoms. The molecule has 3 heterocycles. The summed E-state index contributed by atoms with van der Waals surface area (Å²) in [7, 11) is 1.75. The molecule has 0 spiro atoms. The van der Waals surface area contributed by atoms with Crippen LogP contribution in [0, 0.1) is 0 Å². The Morgan fingerprint density at radius 2 is 2.09 bits per heavy atom. The van der Waals surface area contributed by atoms with E-state index in [9.17, 15) is 0 Å². The molecule has 0 aliphatic carbocycles. The Morgan fingerprint density at radius 1 is 1.22 bits per heavy atom. The number of ether oxygens (including phenoxy) is 1. The number of nitrogens with zero attached hydrogens (tertiary/aromatic N) is 3. The van der Waals surface area contributed by atoms with Crippen LogP contribution in [-0.2, 0) is 17.6 Å². The Kier molecular flexibility index (Phi) is 3.71. The summed E-state index contributed by atoms with van der Waals surface area (Å²) >= 11 is 0. The van der Waals surface area contributed by atoms with Gasteiger partial charge < -0.3 is 14.6 Å². The second-order valence-electron chi connectivity index (χ2n) is 5.97. The molecular weight excluding hydrogens is 288 g/mol. The highest BCUT2D eigenvalue weighted by molar-refractivity contribution is 5.83. The number of hydrogen-bond acceptors (Lipinski definition) is 4. The summed E-state index contributed by atoms with van der Waals surface area (Å²) in [5.41, 5.74) is 3.61. The summed E-state index contributed by atoms with van der Waals surface area (Å²) in [6.45, 7) is 1.75. The van der Waals surface area contributed by atoms with Crippen LogP contribution in [0.15, 0.2) is 42.7 Å². The first kappa shape index (κ1) is 14.2. The molecule has 1 saturated heterocycles. The van der Waals surface area contributed by atoms with E-state index in [-0.39, 0.29) is 0 Å². The van der Waals surface area contributed by atoms with Gasteiger partial charge in [-0.2, -0.15) is 0 Å². The van der Waals surface area contributed by atoms with Gasteiger partial charge in [0.15, 0.2) is 0 Å². The summed E-state index contributed by atoms with van der Waals surface area (Å²) in [5.74, 6) is 0.815. The van der Waals surface area contributed by atoms with Crippen molar-refractivity contribution in [3.63, 3.8) is 0 Å². The van der Waals surface area contributed by atoms with E-state index in [1.807, 2.05) is 12.3 Å². The fourth-order valence-electron chi connectivity index (χ4n) is 3.03. The molecule has 0 atom stereocenters. The topological polar surface area (TPSA) is 54.0 Å². The van der Waals surface area contributed by atoms with Crippen molar-refractivity contribution >= 4 is 16.9 Å². The third-order valence-corrected chi connectivity index (χ3v) is 4.49. The van der Waals surface area contributed by atoms with Gasteiger partial charge in [0.25, 0.3) is 0 Å². The van der Waals surface area contributed by atoms with Crippen molar-refractivity contribution in [3.05, 3.63) is 54.0 Å². The van der Waals surface area contributed by atoms with Crippen LogP contribution in [0.3, 0.4) is 0 Å². The quantitative estimate of drug-likeness (QED) is 0.787. The normalized spacial score (nSPS) is 15.1. The fraction of sp³-hybridized carbons (Fsp3) is 0.333. The van der Waals surface area contributed by atoms with Crippen molar-refractivity contribution in [1.82, 2.24) is 15.0 Å². The number of H-pyrrole nitrogens is 1. The maximum absolute atomic E-state index is 5.30. The van der Waals surface area contributed by atoms with Gasteiger partial charge in [0.05, 0.1) is 6.10 Å². The molecule has 4 rings (SSSR count). The number of hydrogen-bond donors (Lipinski definition) is 1. The molecule has 0 unspecified atom stereocenters. The largest absolute Gasteiger partial charge is 0.378 e. The van der Waals surface area contributed by atoms with E-state index in [1.165, 1.54) is 16.5 Å². The Labute approximate surface area is 135 Å². The number of methoxy groups -OCH3 is 1. The van der Waals surface area contributed by atoms with E-state index in [2.05, 4.69) is 45.3 Å².